The first-order valence-corrected chi connectivity index (χ1v) is 15.9. The summed E-state index contributed by atoms with van der Waals surface area (Å²) < 4.78 is 19.4. The normalized spacial score (nSPS) is 50.6. The third-order valence-corrected chi connectivity index (χ3v) is 12.6. The molecule has 1 spiro atoms. The van der Waals surface area contributed by atoms with Crippen LogP contribution < -0.4 is 0 Å². The van der Waals surface area contributed by atoms with Gasteiger partial charge in [0.15, 0.2) is 5.79 Å². The van der Waals surface area contributed by atoms with E-state index in [4.69, 9.17) is 14.2 Å². The summed E-state index contributed by atoms with van der Waals surface area (Å²) in [7, 11) is 0. The summed E-state index contributed by atoms with van der Waals surface area (Å²) in [5, 5.41) is 0. The van der Waals surface area contributed by atoms with Gasteiger partial charge in [0.1, 0.15) is 6.10 Å². The lowest BCUT2D eigenvalue weighted by Crippen LogP contribution is -2.52. The van der Waals surface area contributed by atoms with E-state index >= 15 is 0 Å². The maximum absolute atomic E-state index is 12.4. The van der Waals surface area contributed by atoms with E-state index in [1.165, 1.54) is 38.5 Å². The first kappa shape index (κ1) is 26.4. The lowest BCUT2D eigenvalue weighted by molar-refractivity contribution is -0.272. The van der Waals surface area contributed by atoms with Gasteiger partial charge in [-0.05, 0) is 91.8 Å². The van der Waals surface area contributed by atoms with Crippen molar-refractivity contribution in [3.8, 4) is 0 Å². The van der Waals surface area contributed by atoms with E-state index in [-0.39, 0.29) is 23.3 Å². The van der Waals surface area contributed by atoms with E-state index in [9.17, 15) is 4.79 Å². The molecule has 0 N–H and O–H groups in total. The van der Waals surface area contributed by atoms with E-state index < -0.39 is 0 Å². The molecule has 208 valence electrons. The summed E-state index contributed by atoms with van der Waals surface area (Å²) in [5.74, 6) is 3.77. The Labute approximate surface area is 225 Å². The standard InChI is InChI=1S/C33H52O4/c1-6-7-8-9-29(34)36-24-13-15-31(4)23(18-24)10-11-25-26(31)14-16-32(5)27(25)19-28-30(32)22(3)33(37-28)17-12-21(2)20-35-33/h10,21-22,24-28,30H,6-9,11-20H2,1-5H3/t21-,22-,24+,25-,26+,27+,28-,30+,31-,32-,33+/m0/s1. The van der Waals surface area contributed by atoms with E-state index in [1.807, 2.05) is 0 Å². The smallest absolute Gasteiger partial charge is 0.306 e. The highest BCUT2D eigenvalue weighted by molar-refractivity contribution is 5.69. The van der Waals surface area contributed by atoms with Gasteiger partial charge in [-0.1, -0.05) is 59.1 Å². The van der Waals surface area contributed by atoms with Crippen LogP contribution in [-0.2, 0) is 19.0 Å². The van der Waals surface area contributed by atoms with Crippen LogP contribution >= 0.6 is 0 Å². The fourth-order valence-corrected chi connectivity index (χ4v) is 10.5. The van der Waals surface area contributed by atoms with Crippen LogP contribution in [0.1, 0.15) is 118 Å². The summed E-state index contributed by atoms with van der Waals surface area (Å²) in [6.07, 6.45) is 17.4. The van der Waals surface area contributed by atoms with Crippen LogP contribution in [0.3, 0.4) is 0 Å². The number of hydrogen-bond donors (Lipinski definition) is 0. The van der Waals surface area contributed by atoms with E-state index in [2.05, 4.69) is 40.7 Å². The molecule has 0 bridgehead atoms. The quantitative estimate of drug-likeness (QED) is 0.214. The molecule has 0 unspecified atom stereocenters. The molecule has 2 heterocycles. The van der Waals surface area contributed by atoms with Crippen LogP contribution in [0, 0.1) is 46.3 Å². The molecule has 11 atom stereocenters. The molecule has 6 aliphatic rings. The molecule has 0 amide bonds. The second-order valence-corrected chi connectivity index (χ2v) is 14.6. The van der Waals surface area contributed by atoms with E-state index in [1.54, 1.807) is 5.57 Å². The van der Waals surface area contributed by atoms with Gasteiger partial charge in [0.05, 0.1) is 12.7 Å². The Hall–Kier alpha value is -0.870. The zero-order chi connectivity index (χ0) is 26.0. The minimum atomic E-state index is -0.315. The second-order valence-electron chi connectivity index (χ2n) is 14.6. The van der Waals surface area contributed by atoms with Crippen LogP contribution in [0.25, 0.3) is 0 Å². The number of carbonyl (C=O) groups excluding carboxylic acids is 1. The number of ether oxygens (including phenoxy) is 3. The number of rotatable bonds is 5. The van der Waals surface area contributed by atoms with Gasteiger partial charge in [-0.3, -0.25) is 4.79 Å². The second kappa shape index (κ2) is 9.65. The highest BCUT2D eigenvalue weighted by Crippen LogP contribution is 2.70. The van der Waals surface area contributed by atoms with Crippen molar-refractivity contribution in [1.82, 2.24) is 0 Å². The summed E-state index contributed by atoms with van der Waals surface area (Å²) in [6, 6.07) is 0. The first-order chi connectivity index (χ1) is 17.7. The van der Waals surface area contributed by atoms with Crippen molar-refractivity contribution in [3.05, 3.63) is 11.6 Å². The van der Waals surface area contributed by atoms with Crippen molar-refractivity contribution in [3.63, 3.8) is 0 Å². The Bertz CT molecular complexity index is 902. The maximum atomic E-state index is 12.4. The predicted octanol–water partition coefficient (Wildman–Crippen LogP) is 7.85. The Morgan fingerprint density at radius 3 is 2.68 bits per heavy atom. The molecule has 3 saturated carbocycles. The molecule has 4 heteroatoms. The van der Waals surface area contributed by atoms with Crippen molar-refractivity contribution >= 4 is 5.97 Å². The first-order valence-electron chi connectivity index (χ1n) is 15.9. The lowest BCUT2D eigenvalue weighted by atomic mass is 9.47. The van der Waals surface area contributed by atoms with Gasteiger partial charge >= 0.3 is 5.97 Å². The van der Waals surface area contributed by atoms with Crippen molar-refractivity contribution in [2.75, 3.05) is 6.61 Å². The molecule has 2 saturated heterocycles. The fourth-order valence-electron chi connectivity index (χ4n) is 10.5. The van der Waals surface area contributed by atoms with Gasteiger partial charge < -0.3 is 14.2 Å². The van der Waals surface area contributed by atoms with Crippen LogP contribution in [0.2, 0.25) is 0 Å². The predicted molar refractivity (Wildman–Crippen MR) is 146 cm³/mol. The molecule has 0 aromatic carbocycles. The Kier molecular flexibility index (Phi) is 6.87. The fraction of sp³-hybridized carbons (Fsp3) is 0.909. The highest BCUT2D eigenvalue weighted by atomic mass is 16.7. The molecule has 4 nitrogen and oxygen atoms in total. The number of fused-ring (bicyclic) bond motifs is 7. The summed E-state index contributed by atoms with van der Waals surface area (Å²) in [5.41, 5.74) is 2.25. The number of hydrogen-bond acceptors (Lipinski definition) is 4. The van der Waals surface area contributed by atoms with Gasteiger partial charge in [-0.2, -0.15) is 0 Å². The van der Waals surface area contributed by atoms with Gasteiger partial charge in [0.25, 0.3) is 0 Å². The highest BCUT2D eigenvalue weighted by Gasteiger charge is 2.68. The minimum absolute atomic E-state index is 0.0190. The largest absolute Gasteiger partial charge is 0.462 e. The molecule has 37 heavy (non-hydrogen) atoms. The van der Waals surface area contributed by atoms with Gasteiger partial charge in [-0.25, -0.2) is 0 Å². The molecular formula is C33H52O4. The molecule has 4 aliphatic carbocycles. The summed E-state index contributed by atoms with van der Waals surface area (Å²) in [6.45, 7) is 13.0. The van der Waals surface area contributed by atoms with Crippen LogP contribution in [-0.4, -0.2) is 30.6 Å². The Morgan fingerprint density at radius 2 is 1.92 bits per heavy atom. The molecule has 2 aliphatic heterocycles. The van der Waals surface area contributed by atoms with Gasteiger partial charge in [0.2, 0.25) is 0 Å². The zero-order valence-electron chi connectivity index (χ0n) is 24.2. The molecule has 0 radical (unpaired) electrons. The topological polar surface area (TPSA) is 44.8 Å². The summed E-state index contributed by atoms with van der Waals surface area (Å²) in [4.78, 5) is 12.4. The molecule has 0 aromatic heterocycles. The maximum Gasteiger partial charge on any atom is 0.306 e. The van der Waals surface area contributed by atoms with Crippen LogP contribution in [0.4, 0.5) is 0 Å². The number of carbonyl (C=O) groups is 1. The van der Waals surface area contributed by atoms with Crippen molar-refractivity contribution in [1.29, 1.82) is 0 Å². The third-order valence-electron chi connectivity index (χ3n) is 12.6. The Morgan fingerprint density at radius 1 is 1.08 bits per heavy atom. The van der Waals surface area contributed by atoms with Crippen LogP contribution in [0.5, 0.6) is 0 Å². The Balaban J connectivity index is 1.15. The zero-order valence-corrected chi connectivity index (χ0v) is 24.2. The van der Waals surface area contributed by atoms with Crippen molar-refractivity contribution in [2.24, 2.45) is 46.3 Å². The number of allylic oxidation sites excluding steroid dienone is 1. The SMILES string of the molecule is CCCCCC(=O)O[C@@H]1CC[C@@]2(C)C(=CC[C@@H]3[C@H]4C[C@@H]5O[C@]6(CC[C@H](C)CO6)[C@@H](C)[C@H]5[C@@]4(C)CC[C@H]32)C1. The number of esters is 1. The average molecular weight is 513 g/mol. The van der Waals surface area contributed by atoms with Gasteiger partial charge in [-0.15, -0.1) is 0 Å². The van der Waals surface area contributed by atoms with Crippen molar-refractivity contribution < 1.29 is 19.0 Å². The molecule has 6 rings (SSSR count). The van der Waals surface area contributed by atoms with E-state index in [0.717, 1.165) is 62.9 Å². The third kappa shape index (κ3) is 4.17. The molecule has 5 fully saturated rings. The molecular weight excluding hydrogens is 460 g/mol. The molecule has 0 aromatic rings. The average Bonchev–Trinajstić information content (AvgIpc) is 3.31. The van der Waals surface area contributed by atoms with E-state index in [0.29, 0.717) is 35.7 Å². The van der Waals surface area contributed by atoms with Crippen LogP contribution in [0.15, 0.2) is 11.6 Å². The minimum Gasteiger partial charge on any atom is -0.462 e. The summed E-state index contributed by atoms with van der Waals surface area (Å²) >= 11 is 0. The van der Waals surface area contributed by atoms with Crippen molar-refractivity contribution in [2.45, 2.75) is 136 Å². The van der Waals surface area contributed by atoms with Gasteiger partial charge in [0, 0.05) is 25.2 Å². The number of unbranched alkanes of at least 4 members (excludes halogenated alkanes) is 2. The lowest BCUT2D eigenvalue weighted by Gasteiger charge is -2.58. The monoisotopic (exact) mass is 512 g/mol.